The van der Waals surface area contributed by atoms with Crippen LogP contribution in [0.4, 0.5) is 5.69 Å². The van der Waals surface area contributed by atoms with E-state index in [-0.39, 0.29) is 36.5 Å². The molecule has 1 aliphatic heterocycles. The first-order valence-electron chi connectivity index (χ1n) is 7.79. The van der Waals surface area contributed by atoms with Gasteiger partial charge in [0.1, 0.15) is 0 Å². The second-order valence-electron chi connectivity index (χ2n) is 5.97. The zero-order valence-electron chi connectivity index (χ0n) is 13.3. The molecule has 6 heteroatoms. The minimum absolute atomic E-state index is 0.0210. The van der Waals surface area contributed by atoms with E-state index in [0.29, 0.717) is 11.3 Å². The van der Waals surface area contributed by atoms with E-state index in [0.717, 1.165) is 16.8 Å². The lowest BCUT2D eigenvalue weighted by atomic mass is 10.1. The fourth-order valence-electron chi connectivity index (χ4n) is 2.75. The first kappa shape index (κ1) is 16.4. The lowest BCUT2D eigenvalue weighted by molar-refractivity contribution is -0.121. The average molecular weight is 342 g/mol. The molecule has 2 heterocycles. The Balaban J connectivity index is 1.53. The van der Waals surface area contributed by atoms with Gasteiger partial charge < -0.3 is 10.6 Å². The first-order chi connectivity index (χ1) is 11.5. The molecule has 1 aromatic carbocycles. The van der Waals surface area contributed by atoms with Gasteiger partial charge in [-0.1, -0.05) is 18.2 Å². The fraction of sp³-hybridized carbons (Fsp3) is 0.278. The third-order valence-corrected chi connectivity index (χ3v) is 4.77. The molecule has 0 radical (unpaired) electrons. The third-order valence-electron chi connectivity index (χ3n) is 3.86. The molecule has 0 unspecified atom stereocenters. The molecular formula is C18H18N2O3S. The lowest BCUT2D eigenvalue weighted by Gasteiger charge is -2.13. The van der Waals surface area contributed by atoms with Crippen molar-refractivity contribution in [1.29, 1.82) is 0 Å². The Morgan fingerprint density at radius 3 is 2.92 bits per heavy atom. The van der Waals surface area contributed by atoms with Crippen LogP contribution in [0.25, 0.3) is 0 Å². The van der Waals surface area contributed by atoms with Gasteiger partial charge in [0.05, 0.1) is 17.7 Å². The van der Waals surface area contributed by atoms with Crippen LogP contribution < -0.4 is 10.6 Å². The standard InChI is InChI=1S/C18H18N2O3S/c1-11(7-15(21)16-3-2-6-24-16)19-17(22)9-12-4-5-13-10-18(23)20-14(13)8-12/h2-6,8,11H,7,9-10H2,1H3,(H,19,22)(H,20,23)/t11-/m0/s1. The number of carbonyl (C=O) groups is 3. The van der Waals surface area contributed by atoms with Crippen molar-refractivity contribution in [1.82, 2.24) is 5.32 Å². The van der Waals surface area contributed by atoms with Gasteiger partial charge >= 0.3 is 0 Å². The SMILES string of the molecule is C[C@@H](CC(=O)c1cccs1)NC(=O)Cc1ccc2c(c1)NC(=O)C2. The van der Waals surface area contributed by atoms with Gasteiger partial charge in [-0.3, -0.25) is 14.4 Å². The second-order valence-corrected chi connectivity index (χ2v) is 6.91. The molecule has 2 amide bonds. The maximum Gasteiger partial charge on any atom is 0.228 e. The Bertz CT molecular complexity index is 784. The van der Waals surface area contributed by atoms with Gasteiger partial charge in [-0.25, -0.2) is 0 Å². The number of fused-ring (bicyclic) bond motifs is 1. The van der Waals surface area contributed by atoms with E-state index in [2.05, 4.69) is 10.6 Å². The molecule has 3 rings (SSSR count). The van der Waals surface area contributed by atoms with Crippen molar-refractivity contribution in [3.63, 3.8) is 0 Å². The largest absolute Gasteiger partial charge is 0.353 e. The van der Waals surface area contributed by atoms with Gasteiger partial charge in [0.25, 0.3) is 0 Å². The molecule has 0 saturated carbocycles. The van der Waals surface area contributed by atoms with E-state index in [9.17, 15) is 14.4 Å². The second kappa shape index (κ2) is 6.97. The van der Waals surface area contributed by atoms with Crippen molar-refractivity contribution in [2.75, 3.05) is 5.32 Å². The number of amides is 2. The van der Waals surface area contributed by atoms with Crippen molar-refractivity contribution >= 4 is 34.6 Å². The quantitative estimate of drug-likeness (QED) is 0.792. The van der Waals surface area contributed by atoms with E-state index in [1.807, 2.05) is 36.6 Å². The zero-order chi connectivity index (χ0) is 17.1. The summed E-state index contributed by atoms with van der Waals surface area (Å²) in [6.07, 6.45) is 0.900. The highest BCUT2D eigenvalue weighted by Gasteiger charge is 2.19. The minimum Gasteiger partial charge on any atom is -0.353 e. The highest BCUT2D eigenvalue weighted by Crippen LogP contribution is 2.24. The predicted molar refractivity (Wildman–Crippen MR) is 93.4 cm³/mol. The molecule has 5 nitrogen and oxygen atoms in total. The molecule has 1 aromatic heterocycles. The molecule has 2 aromatic rings. The van der Waals surface area contributed by atoms with Gasteiger partial charge in [0.15, 0.2) is 5.78 Å². The molecule has 0 saturated heterocycles. The number of nitrogens with one attached hydrogen (secondary N) is 2. The smallest absolute Gasteiger partial charge is 0.228 e. The number of ketones is 1. The van der Waals surface area contributed by atoms with Crippen LogP contribution >= 0.6 is 11.3 Å². The number of carbonyl (C=O) groups excluding carboxylic acids is 3. The molecule has 2 N–H and O–H groups in total. The Labute approximate surface area is 144 Å². The molecule has 0 spiro atoms. The van der Waals surface area contributed by atoms with Crippen LogP contribution in [0.15, 0.2) is 35.7 Å². The van der Waals surface area contributed by atoms with Crippen molar-refractivity contribution in [3.8, 4) is 0 Å². The Morgan fingerprint density at radius 2 is 2.17 bits per heavy atom. The summed E-state index contributed by atoms with van der Waals surface area (Å²) in [7, 11) is 0. The van der Waals surface area contributed by atoms with Crippen LogP contribution in [0, 0.1) is 0 Å². The maximum absolute atomic E-state index is 12.1. The Morgan fingerprint density at radius 1 is 1.33 bits per heavy atom. The molecule has 0 aliphatic carbocycles. The van der Waals surface area contributed by atoms with Crippen molar-refractivity contribution in [2.24, 2.45) is 0 Å². The predicted octanol–water partition coefficient (Wildman–Crippen LogP) is 2.56. The van der Waals surface area contributed by atoms with Gasteiger partial charge in [-0.15, -0.1) is 11.3 Å². The summed E-state index contributed by atoms with van der Waals surface area (Å²) in [6, 6.07) is 8.98. The summed E-state index contributed by atoms with van der Waals surface area (Å²) < 4.78 is 0. The van der Waals surface area contributed by atoms with Gasteiger partial charge in [-0.2, -0.15) is 0 Å². The third kappa shape index (κ3) is 3.89. The van der Waals surface area contributed by atoms with E-state index < -0.39 is 0 Å². The van der Waals surface area contributed by atoms with E-state index in [4.69, 9.17) is 0 Å². The van der Waals surface area contributed by atoms with Crippen LogP contribution in [0.5, 0.6) is 0 Å². The van der Waals surface area contributed by atoms with Gasteiger partial charge in [0, 0.05) is 18.2 Å². The average Bonchev–Trinajstić information content (AvgIpc) is 3.14. The Hall–Kier alpha value is -2.47. The van der Waals surface area contributed by atoms with Crippen molar-refractivity contribution in [3.05, 3.63) is 51.7 Å². The van der Waals surface area contributed by atoms with E-state index in [1.165, 1.54) is 11.3 Å². The Kier molecular flexibility index (Phi) is 4.76. The topological polar surface area (TPSA) is 75.3 Å². The van der Waals surface area contributed by atoms with Gasteiger partial charge in [0.2, 0.25) is 11.8 Å². The number of hydrogen-bond donors (Lipinski definition) is 2. The molecular weight excluding hydrogens is 324 g/mol. The highest BCUT2D eigenvalue weighted by molar-refractivity contribution is 7.12. The summed E-state index contributed by atoms with van der Waals surface area (Å²) in [5, 5.41) is 7.50. The number of hydrogen-bond acceptors (Lipinski definition) is 4. The molecule has 24 heavy (non-hydrogen) atoms. The number of Topliss-reactive ketones (excluding diaryl/α,β-unsaturated/α-hetero) is 1. The van der Waals surface area contributed by atoms with Gasteiger partial charge in [-0.05, 0) is 35.6 Å². The molecule has 1 aliphatic rings. The van der Waals surface area contributed by atoms with Crippen LogP contribution in [0.1, 0.15) is 34.1 Å². The van der Waals surface area contributed by atoms with Crippen molar-refractivity contribution in [2.45, 2.75) is 32.2 Å². The van der Waals surface area contributed by atoms with E-state index in [1.54, 1.807) is 6.07 Å². The summed E-state index contributed by atoms with van der Waals surface area (Å²) in [5.41, 5.74) is 2.58. The summed E-state index contributed by atoms with van der Waals surface area (Å²) in [4.78, 5) is 36.3. The first-order valence-corrected chi connectivity index (χ1v) is 8.67. The number of rotatable bonds is 6. The number of benzene rings is 1. The highest BCUT2D eigenvalue weighted by atomic mass is 32.1. The number of anilines is 1. The van der Waals surface area contributed by atoms with Crippen LogP contribution in [-0.4, -0.2) is 23.6 Å². The molecule has 1 atom stereocenters. The van der Waals surface area contributed by atoms with E-state index >= 15 is 0 Å². The van der Waals surface area contributed by atoms with Crippen LogP contribution in [-0.2, 0) is 22.4 Å². The maximum atomic E-state index is 12.1. The lowest BCUT2D eigenvalue weighted by Crippen LogP contribution is -2.35. The molecule has 124 valence electrons. The van der Waals surface area contributed by atoms with Crippen LogP contribution in [0.3, 0.4) is 0 Å². The zero-order valence-corrected chi connectivity index (χ0v) is 14.1. The van der Waals surface area contributed by atoms with Crippen LogP contribution in [0.2, 0.25) is 0 Å². The minimum atomic E-state index is -0.221. The monoisotopic (exact) mass is 342 g/mol. The van der Waals surface area contributed by atoms with Crippen molar-refractivity contribution < 1.29 is 14.4 Å². The normalized spacial score (nSPS) is 14.0. The fourth-order valence-corrected chi connectivity index (χ4v) is 3.43. The summed E-state index contributed by atoms with van der Waals surface area (Å²) >= 11 is 1.41. The number of thiophene rings is 1. The molecule has 0 fully saturated rings. The molecule has 0 bridgehead atoms. The summed E-state index contributed by atoms with van der Waals surface area (Å²) in [6.45, 7) is 1.83. The summed E-state index contributed by atoms with van der Waals surface area (Å²) in [5.74, 6) is -0.115.